The summed E-state index contributed by atoms with van der Waals surface area (Å²) in [6, 6.07) is 0. The summed E-state index contributed by atoms with van der Waals surface area (Å²) in [7, 11) is -1.86. The molecule has 1 rings (SSSR count). The molecular formula is C7H8BFO3. The first kappa shape index (κ1) is 9.16. The largest absolute Gasteiger partial charge is 0.462 e. The van der Waals surface area contributed by atoms with Gasteiger partial charge in [-0.1, -0.05) is 18.2 Å². The number of carbonyl (C=O) groups excluding carboxylic acids is 1. The Labute approximate surface area is 69.4 Å². The van der Waals surface area contributed by atoms with Crippen LogP contribution in [0.3, 0.4) is 0 Å². The third-order valence-electron chi connectivity index (χ3n) is 1.79. The minimum absolute atomic E-state index is 0.0666. The van der Waals surface area contributed by atoms with Gasteiger partial charge < -0.3 is 10.0 Å². The van der Waals surface area contributed by atoms with E-state index < -0.39 is 18.6 Å². The van der Waals surface area contributed by atoms with Crippen molar-refractivity contribution in [1.82, 2.24) is 0 Å². The average Bonchev–Trinajstić information content (AvgIpc) is 2.05. The first-order valence-corrected chi connectivity index (χ1v) is 3.47. The lowest BCUT2D eigenvalue weighted by molar-refractivity contribution is -0.115. The minimum Gasteiger partial charge on any atom is -0.427 e. The van der Waals surface area contributed by atoms with E-state index in [-0.39, 0.29) is 6.29 Å². The summed E-state index contributed by atoms with van der Waals surface area (Å²) in [6.07, 6.45) is 5.14. The molecule has 0 aliphatic heterocycles. The van der Waals surface area contributed by atoms with Crippen molar-refractivity contribution in [2.75, 3.05) is 0 Å². The lowest BCUT2D eigenvalue weighted by Gasteiger charge is -2.24. The molecule has 2 N–H and O–H groups in total. The highest BCUT2D eigenvalue weighted by molar-refractivity contribution is 6.45. The van der Waals surface area contributed by atoms with Gasteiger partial charge in [-0.05, 0) is 6.08 Å². The molecule has 64 valence electrons. The normalized spacial score (nSPS) is 33.4. The second-order valence-electron chi connectivity index (χ2n) is 2.63. The van der Waals surface area contributed by atoms with E-state index >= 15 is 0 Å². The molecule has 0 aromatic heterocycles. The van der Waals surface area contributed by atoms with Crippen LogP contribution in [0.25, 0.3) is 0 Å². The second kappa shape index (κ2) is 3.20. The molecule has 0 amide bonds. The fourth-order valence-electron chi connectivity index (χ4n) is 1.09. The predicted molar refractivity (Wildman–Crippen MR) is 42.1 cm³/mol. The summed E-state index contributed by atoms with van der Waals surface area (Å²) < 4.78 is 13.4. The first-order valence-electron chi connectivity index (χ1n) is 3.47. The van der Waals surface area contributed by atoms with E-state index in [1.165, 1.54) is 18.2 Å². The number of alkyl halides is 1. The Kier molecular flexibility index (Phi) is 2.44. The number of aldehydes is 1. The molecule has 2 unspecified atom stereocenters. The second-order valence-corrected chi connectivity index (χ2v) is 2.63. The summed E-state index contributed by atoms with van der Waals surface area (Å²) in [4.78, 5) is 10.3. The van der Waals surface area contributed by atoms with Gasteiger partial charge >= 0.3 is 7.12 Å². The maximum atomic E-state index is 13.4. The van der Waals surface area contributed by atoms with Crippen LogP contribution in [-0.4, -0.2) is 29.1 Å². The fourth-order valence-corrected chi connectivity index (χ4v) is 1.09. The van der Waals surface area contributed by atoms with E-state index in [1.54, 1.807) is 0 Å². The van der Waals surface area contributed by atoms with E-state index in [2.05, 4.69) is 0 Å². The molecule has 0 aromatic carbocycles. The lowest BCUT2D eigenvalue weighted by Crippen LogP contribution is -2.38. The summed E-state index contributed by atoms with van der Waals surface area (Å²) in [5.74, 6) is -1.21. The highest BCUT2D eigenvalue weighted by atomic mass is 19.1. The topological polar surface area (TPSA) is 57.5 Å². The van der Waals surface area contributed by atoms with Gasteiger partial charge in [-0.2, -0.15) is 0 Å². The fraction of sp³-hybridized carbons (Fsp3) is 0.286. The zero-order valence-corrected chi connectivity index (χ0v) is 6.22. The molecule has 3 nitrogen and oxygen atoms in total. The van der Waals surface area contributed by atoms with Crippen LogP contribution in [0.1, 0.15) is 0 Å². The minimum atomic E-state index is -2.29. The summed E-state index contributed by atoms with van der Waals surface area (Å²) in [5.41, 5.74) is -2.29. The van der Waals surface area contributed by atoms with Gasteiger partial charge in [0, 0.05) is 0 Å². The van der Waals surface area contributed by atoms with Crippen molar-refractivity contribution in [1.29, 1.82) is 0 Å². The van der Waals surface area contributed by atoms with Crippen LogP contribution in [0.5, 0.6) is 0 Å². The van der Waals surface area contributed by atoms with Crippen molar-refractivity contribution < 1.29 is 19.2 Å². The Morgan fingerprint density at radius 2 is 2.17 bits per heavy atom. The molecule has 1 aliphatic rings. The maximum absolute atomic E-state index is 13.4. The van der Waals surface area contributed by atoms with Gasteiger partial charge in [0.15, 0.2) is 12.0 Å². The Morgan fingerprint density at radius 1 is 1.50 bits per heavy atom. The summed E-state index contributed by atoms with van der Waals surface area (Å²) in [6.45, 7) is 0. The van der Waals surface area contributed by atoms with Gasteiger partial charge in [0.2, 0.25) is 0 Å². The number of allylic oxidation sites excluding steroid dienone is 4. The molecule has 5 heteroatoms. The van der Waals surface area contributed by atoms with Gasteiger partial charge in [-0.25, -0.2) is 4.39 Å². The molecule has 0 bridgehead atoms. The summed E-state index contributed by atoms with van der Waals surface area (Å²) in [5, 5.41) is 17.4. The van der Waals surface area contributed by atoms with Crippen LogP contribution in [0, 0.1) is 0 Å². The SMILES string of the molecule is O=CC1(F)C=CC=CC1B(O)O. The molecule has 0 saturated heterocycles. The monoisotopic (exact) mass is 170 g/mol. The van der Waals surface area contributed by atoms with Gasteiger partial charge in [0.25, 0.3) is 0 Å². The van der Waals surface area contributed by atoms with Gasteiger partial charge in [0.05, 0.1) is 5.82 Å². The molecule has 0 saturated carbocycles. The van der Waals surface area contributed by atoms with Crippen molar-refractivity contribution in [2.45, 2.75) is 11.5 Å². The van der Waals surface area contributed by atoms with Crippen LogP contribution in [0.15, 0.2) is 24.3 Å². The number of hydrogen-bond donors (Lipinski definition) is 2. The highest BCUT2D eigenvalue weighted by Crippen LogP contribution is 2.32. The first-order chi connectivity index (χ1) is 5.60. The molecule has 0 radical (unpaired) electrons. The van der Waals surface area contributed by atoms with E-state index in [0.29, 0.717) is 0 Å². The quantitative estimate of drug-likeness (QED) is 0.448. The molecule has 0 heterocycles. The smallest absolute Gasteiger partial charge is 0.427 e. The molecule has 1 aliphatic carbocycles. The van der Waals surface area contributed by atoms with E-state index in [1.807, 2.05) is 0 Å². The van der Waals surface area contributed by atoms with E-state index in [9.17, 15) is 9.18 Å². The van der Waals surface area contributed by atoms with Crippen molar-refractivity contribution >= 4 is 13.4 Å². The van der Waals surface area contributed by atoms with Gasteiger partial charge in [-0.3, -0.25) is 4.79 Å². The Bertz CT molecular complexity index is 239. The van der Waals surface area contributed by atoms with Crippen molar-refractivity contribution in [2.24, 2.45) is 0 Å². The standard InChI is InChI=1S/C7H8BFO3/c9-7(5-10)4-2-1-3-6(7)8(11)12/h1-6,11-12H. The van der Waals surface area contributed by atoms with Crippen LogP contribution in [-0.2, 0) is 4.79 Å². The van der Waals surface area contributed by atoms with Crippen LogP contribution >= 0.6 is 0 Å². The van der Waals surface area contributed by atoms with Crippen molar-refractivity contribution in [3.63, 3.8) is 0 Å². The van der Waals surface area contributed by atoms with Gasteiger partial charge in [-0.15, -0.1) is 0 Å². The van der Waals surface area contributed by atoms with Crippen LogP contribution in [0.2, 0.25) is 5.82 Å². The molecule has 0 fully saturated rings. The number of halogens is 1. The average molecular weight is 170 g/mol. The zero-order valence-electron chi connectivity index (χ0n) is 6.22. The van der Waals surface area contributed by atoms with E-state index in [0.717, 1.165) is 6.08 Å². The van der Waals surface area contributed by atoms with Crippen LogP contribution < -0.4 is 0 Å². The third kappa shape index (κ3) is 1.46. The Balaban J connectivity index is 2.92. The molecule has 0 aromatic rings. The number of rotatable bonds is 2. The van der Waals surface area contributed by atoms with Crippen molar-refractivity contribution in [3.8, 4) is 0 Å². The highest BCUT2D eigenvalue weighted by Gasteiger charge is 2.43. The Hall–Kier alpha value is -0.935. The number of hydrogen-bond acceptors (Lipinski definition) is 3. The van der Waals surface area contributed by atoms with Gasteiger partial charge in [0.1, 0.15) is 0 Å². The Morgan fingerprint density at radius 3 is 2.58 bits per heavy atom. The van der Waals surface area contributed by atoms with Crippen molar-refractivity contribution in [3.05, 3.63) is 24.3 Å². The summed E-state index contributed by atoms with van der Waals surface area (Å²) >= 11 is 0. The lowest BCUT2D eigenvalue weighted by atomic mass is 9.63. The predicted octanol–water partition coefficient (Wildman–Crippen LogP) is -0.137. The van der Waals surface area contributed by atoms with E-state index in [4.69, 9.17) is 10.0 Å². The third-order valence-corrected chi connectivity index (χ3v) is 1.79. The molecule has 0 spiro atoms. The zero-order chi connectivity index (χ0) is 9.19. The molecule has 12 heavy (non-hydrogen) atoms. The van der Waals surface area contributed by atoms with Crippen LogP contribution in [0.4, 0.5) is 4.39 Å². The number of carbonyl (C=O) groups is 1. The maximum Gasteiger partial charge on any atom is 0.462 e. The molecule has 2 atom stereocenters. The molecular weight excluding hydrogens is 162 g/mol.